The van der Waals surface area contributed by atoms with Gasteiger partial charge in [0.1, 0.15) is 28.8 Å². The first-order chi connectivity index (χ1) is 67.7. The van der Waals surface area contributed by atoms with E-state index in [4.69, 9.17) is 0 Å². The van der Waals surface area contributed by atoms with Gasteiger partial charge < -0.3 is 41.1 Å². The normalized spacial score (nSPS) is 12.3. The third-order valence-electron chi connectivity index (χ3n) is 29.0. The van der Waals surface area contributed by atoms with Crippen molar-refractivity contribution in [3.63, 3.8) is 0 Å². The van der Waals surface area contributed by atoms with Gasteiger partial charge in [-0.1, -0.05) is 303 Å². The van der Waals surface area contributed by atoms with Crippen LogP contribution in [-0.2, 0) is 6.18 Å². The monoisotopic (exact) mass is 1760 g/mol. The molecule has 0 N–H and O–H groups in total. The highest BCUT2D eigenvalue weighted by Crippen LogP contribution is 2.57. The average molecular weight is 1760 g/mol. The Balaban J connectivity index is 0.768. The minimum absolute atomic E-state index is 0.0585. The van der Waals surface area contributed by atoms with Crippen LogP contribution < -0.4 is 0 Å². The molecule has 0 unspecified atom stereocenters. The molecule has 0 radical (unpaired) electrons. The standard InChI is InChI=1S/C123H70F3N11/c124-123(125,126)113-117(132-99-53-21-5-37-79(99)80-38-6-22-54-100(80)132)120(135-105-59-27-11-43-85(105)86-44-12-28-60-106(86)135)122(136-107-61-29-13-45-87(107)88-46-14-30-62-108(88)136)121(118(113)133-101-55-23-7-39-81(101)82-40-8-24-56-102(82)133)137-110-64-32-16-48-90(110)92-70-74(66-68-112(92)137)73-65-67-111-91(69-73)89-47-15-31-63-109(89)131(111)116-94(72-128)114(129-95-49-17-1-33-75(95)76-34-2-18-50-96(76)129)93(71-127)115(130-97-51-19-3-35-77(97)78-36-4-20-52-98(78)130)119(116)134-103-57-25-9-41-83(103)84-42-10-26-58-104(84)134/h1-70H. The van der Waals surface area contributed by atoms with Crippen LogP contribution in [0.5, 0.6) is 0 Å². The number of benzene rings is 20. The van der Waals surface area contributed by atoms with E-state index in [1.54, 1.807) is 0 Å². The molecule has 0 atom stereocenters. The number of para-hydroxylation sites is 16. The molecule has 0 fully saturated rings. The SMILES string of the molecule is N#Cc1c(-n2c3ccccc3c3ccccc32)c(C#N)c(-n2c3ccccc3c3cc(-c4ccc5c(c4)c4ccccc4n5-c4c(-n5c6ccccc6c6ccccc65)c(-n5c6ccccc6c6ccccc65)c(-n5c6ccccc6c6ccccc65)c(C(F)(F)F)c4-n4c5ccccc5c5ccccc54)ccc32)c(-n2c3ccccc3c3ccccc32)c1-n1c2ccccc2c2ccccc21. The van der Waals surface area contributed by atoms with E-state index in [1.165, 1.54) is 0 Å². The number of rotatable bonds is 10. The number of nitriles is 2. The highest BCUT2D eigenvalue weighted by Gasteiger charge is 2.47. The Morgan fingerprint density at radius 1 is 0.153 bits per heavy atom. The molecule has 0 aliphatic carbocycles. The van der Waals surface area contributed by atoms with Crippen molar-refractivity contribution in [1.82, 2.24) is 41.1 Å². The summed E-state index contributed by atoms with van der Waals surface area (Å²) in [5.41, 5.74) is 18.0. The average Bonchev–Trinajstić information content (AvgIpc) is 1.57. The van der Waals surface area contributed by atoms with E-state index in [2.05, 4.69) is 287 Å². The van der Waals surface area contributed by atoms with Gasteiger partial charge in [0.15, 0.2) is 0 Å². The molecule has 0 saturated heterocycles. The molecule has 20 aromatic carbocycles. The van der Waals surface area contributed by atoms with E-state index in [0.717, 1.165) is 163 Å². The third-order valence-corrected chi connectivity index (χ3v) is 29.0. The van der Waals surface area contributed by atoms with Gasteiger partial charge in [0.05, 0.1) is 150 Å². The topological polar surface area (TPSA) is 92.0 Å². The van der Waals surface area contributed by atoms with Gasteiger partial charge in [0.2, 0.25) is 0 Å². The molecule has 29 rings (SSSR count). The van der Waals surface area contributed by atoms with Crippen LogP contribution in [-0.4, -0.2) is 41.1 Å². The first kappa shape index (κ1) is 76.1. The zero-order valence-electron chi connectivity index (χ0n) is 73.0. The van der Waals surface area contributed by atoms with Crippen molar-refractivity contribution in [3.05, 3.63) is 441 Å². The summed E-state index contributed by atoms with van der Waals surface area (Å²) < 4.78 is 78.4. The van der Waals surface area contributed by atoms with E-state index < -0.39 is 11.7 Å². The van der Waals surface area contributed by atoms with Crippen molar-refractivity contribution >= 4 is 196 Å². The number of halogens is 3. The minimum Gasteiger partial charge on any atom is -0.306 e. The van der Waals surface area contributed by atoms with Gasteiger partial charge in [-0.2, -0.15) is 23.7 Å². The Hall–Kier alpha value is -18.6. The molecule has 9 heterocycles. The number of aromatic nitrogens is 9. The lowest BCUT2D eigenvalue weighted by molar-refractivity contribution is -0.137. The lowest BCUT2D eigenvalue weighted by Crippen LogP contribution is -2.23. The van der Waals surface area contributed by atoms with Crippen molar-refractivity contribution < 1.29 is 13.2 Å². The van der Waals surface area contributed by atoms with Gasteiger partial charge in [-0.05, 0) is 132 Å². The highest BCUT2D eigenvalue weighted by atomic mass is 19.4. The number of hydrogen-bond donors (Lipinski definition) is 0. The van der Waals surface area contributed by atoms with Crippen LogP contribution >= 0.6 is 0 Å². The van der Waals surface area contributed by atoms with E-state index in [1.807, 2.05) is 191 Å². The maximum atomic E-state index is 19.7. The molecular formula is C123H70F3N11. The largest absolute Gasteiger partial charge is 0.420 e. The van der Waals surface area contributed by atoms with Gasteiger partial charge in [0, 0.05) is 97.0 Å². The maximum absolute atomic E-state index is 19.7. The lowest BCUT2D eigenvalue weighted by atomic mass is 9.98. The minimum atomic E-state index is -5.15. The van der Waals surface area contributed by atoms with Crippen molar-refractivity contribution in [2.75, 3.05) is 0 Å². The first-order valence-corrected chi connectivity index (χ1v) is 46.0. The van der Waals surface area contributed by atoms with Crippen LogP contribution in [0.3, 0.4) is 0 Å². The van der Waals surface area contributed by atoms with E-state index in [-0.39, 0.29) is 22.6 Å². The van der Waals surface area contributed by atoms with Crippen molar-refractivity contribution in [1.29, 1.82) is 10.5 Å². The summed E-state index contributed by atoms with van der Waals surface area (Å²) >= 11 is 0. The zero-order chi connectivity index (χ0) is 90.5. The van der Waals surface area contributed by atoms with Crippen molar-refractivity contribution in [2.45, 2.75) is 6.18 Å². The Morgan fingerprint density at radius 2 is 0.292 bits per heavy atom. The molecule has 0 saturated carbocycles. The summed E-state index contributed by atoms with van der Waals surface area (Å²) in [5.74, 6) is 0. The van der Waals surface area contributed by atoms with Crippen LogP contribution in [0.1, 0.15) is 16.7 Å². The zero-order valence-corrected chi connectivity index (χ0v) is 73.0. The van der Waals surface area contributed by atoms with Gasteiger partial charge >= 0.3 is 6.18 Å². The fourth-order valence-corrected chi connectivity index (χ4v) is 23.7. The van der Waals surface area contributed by atoms with Crippen LogP contribution in [0.4, 0.5) is 13.2 Å². The summed E-state index contributed by atoms with van der Waals surface area (Å²) in [4.78, 5) is 0. The fourth-order valence-electron chi connectivity index (χ4n) is 23.7. The highest BCUT2D eigenvalue weighted by molar-refractivity contribution is 6.22. The Bertz CT molecular complexity index is 10100. The third kappa shape index (κ3) is 10.3. The predicted octanol–water partition coefficient (Wildman–Crippen LogP) is 32.0. The molecule has 29 aromatic rings. The summed E-state index contributed by atoms with van der Waals surface area (Å²) in [7, 11) is 0. The quantitative estimate of drug-likeness (QED) is 0.136. The van der Waals surface area contributed by atoms with Crippen molar-refractivity contribution in [3.8, 4) is 74.5 Å². The summed E-state index contributed by atoms with van der Waals surface area (Å²) in [6.07, 6.45) is -5.15. The second kappa shape index (κ2) is 28.4. The van der Waals surface area contributed by atoms with E-state index in [0.29, 0.717) is 83.8 Å². The molecule has 9 aromatic heterocycles. The number of hydrogen-bond acceptors (Lipinski definition) is 2. The van der Waals surface area contributed by atoms with Crippen LogP contribution in [0.25, 0.3) is 259 Å². The molecule has 0 bridgehead atoms. The second-order valence-electron chi connectivity index (χ2n) is 35.7. The Morgan fingerprint density at radius 3 is 0.474 bits per heavy atom. The van der Waals surface area contributed by atoms with Gasteiger partial charge in [-0.3, -0.25) is 0 Å². The maximum Gasteiger partial charge on any atom is 0.420 e. The molecule has 0 amide bonds. The van der Waals surface area contributed by atoms with E-state index >= 15 is 13.2 Å². The molecule has 14 heteroatoms. The summed E-state index contributed by atoms with van der Waals surface area (Å²) in [6.45, 7) is 0. The van der Waals surface area contributed by atoms with Gasteiger partial charge in [-0.15, -0.1) is 0 Å². The fraction of sp³-hybridized carbons (Fsp3) is 0.00813. The van der Waals surface area contributed by atoms with E-state index in [9.17, 15) is 10.5 Å². The second-order valence-corrected chi connectivity index (χ2v) is 35.7. The Kier molecular flexibility index (Phi) is 15.8. The smallest absolute Gasteiger partial charge is 0.306 e. The van der Waals surface area contributed by atoms with Gasteiger partial charge in [0.25, 0.3) is 0 Å². The number of nitrogens with zero attached hydrogens (tertiary/aromatic N) is 11. The number of fused-ring (bicyclic) bond motifs is 27. The van der Waals surface area contributed by atoms with Crippen molar-refractivity contribution in [2.24, 2.45) is 0 Å². The van der Waals surface area contributed by atoms with Crippen LogP contribution in [0.2, 0.25) is 0 Å². The molecule has 137 heavy (non-hydrogen) atoms. The Labute approximate surface area is 777 Å². The molecule has 0 aliphatic rings. The molecule has 638 valence electrons. The molecular weight excluding hydrogens is 1690 g/mol. The number of alkyl halides is 3. The van der Waals surface area contributed by atoms with Crippen LogP contribution in [0, 0.1) is 22.7 Å². The molecule has 0 aliphatic heterocycles. The molecule has 0 spiro atoms. The van der Waals surface area contributed by atoms with Crippen LogP contribution in [0.15, 0.2) is 425 Å². The summed E-state index contributed by atoms with van der Waals surface area (Å²) in [5, 5.41) is 42.0. The summed E-state index contributed by atoms with van der Waals surface area (Å²) in [6, 6.07) is 150. The molecule has 11 nitrogen and oxygen atoms in total. The lowest BCUT2D eigenvalue weighted by Gasteiger charge is -2.32. The predicted molar refractivity (Wildman–Crippen MR) is 555 cm³/mol. The van der Waals surface area contributed by atoms with Gasteiger partial charge in [-0.25, -0.2) is 0 Å². The first-order valence-electron chi connectivity index (χ1n) is 46.0.